The number of hydrogen-bond acceptors (Lipinski definition) is 6. The number of nitrogens with one attached hydrogen (secondary N) is 2. The van der Waals surface area contributed by atoms with Crippen LogP contribution in [0.5, 0.6) is 0 Å². The minimum atomic E-state index is -0.422. The second-order valence-electron chi connectivity index (χ2n) is 7.30. The van der Waals surface area contributed by atoms with Gasteiger partial charge in [-0.2, -0.15) is 0 Å². The summed E-state index contributed by atoms with van der Waals surface area (Å²) in [5, 5.41) is 6.17. The van der Waals surface area contributed by atoms with Gasteiger partial charge in [-0.15, -0.1) is 11.3 Å². The summed E-state index contributed by atoms with van der Waals surface area (Å²) in [7, 11) is 1.58. The van der Waals surface area contributed by atoms with Crippen molar-refractivity contribution in [2.45, 2.75) is 44.9 Å². The number of amides is 2. The molecule has 0 saturated carbocycles. The van der Waals surface area contributed by atoms with Gasteiger partial charge in [0.2, 0.25) is 0 Å². The van der Waals surface area contributed by atoms with Crippen LogP contribution in [0, 0.1) is 5.92 Å². The van der Waals surface area contributed by atoms with Crippen LogP contribution in [0.3, 0.4) is 0 Å². The van der Waals surface area contributed by atoms with Gasteiger partial charge in [0, 0.05) is 18.5 Å². The lowest BCUT2D eigenvalue weighted by Crippen LogP contribution is -2.29. The highest BCUT2D eigenvalue weighted by Crippen LogP contribution is 2.38. The molecule has 0 aliphatic heterocycles. The maximum absolute atomic E-state index is 12.7. The van der Waals surface area contributed by atoms with E-state index in [0.717, 1.165) is 49.0 Å². The number of fused-ring (bicyclic) bond motifs is 1. The van der Waals surface area contributed by atoms with Gasteiger partial charge < -0.3 is 20.1 Å². The zero-order valence-electron chi connectivity index (χ0n) is 16.8. The van der Waals surface area contributed by atoms with Crippen LogP contribution >= 0.6 is 11.3 Å². The van der Waals surface area contributed by atoms with Gasteiger partial charge in [-0.1, -0.05) is 12.2 Å². The number of methoxy groups -OCH3 is 1. The Labute approximate surface area is 174 Å². The van der Waals surface area contributed by atoms with Gasteiger partial charge in [-0.3, -0.25) is 14.4 Å². The van der Waals surface area contributed by atoms with E-state index in [1.54, 1.807) is 7.11 Å². The third kappa shape index (κ3) is 5.67. The number of aryl methyl sites for hydroxylation is 1. The summed E-state index contributed by atoms with van der Waals surface area (Å²) in [5.41, 5.74) is 1.57. The van der Waals surface area contributed by atoms with E-state index in [1.807, 2.05) is 12.2 Å². The van der Waals surface area contributed by atoms with Crippen molar-refractivity contribution in [1.82, 2.24) is 5.32 Å². The molecule has 2 aliphatic carbocycles. The molecule has 29 heavy (non-hydrogen) atoms. The Balaban J connectivity index is 1.63. The molecule has 3 rings (SSSR count). The molecule has 0 radical (unpaired) electrons. The number of anilines is 1. The SMILES string of the molecule is COCCNC(=O)c1c(NC(=O)COC(=O)[C@@H]2CC=CCC2)sc2c1CCCC2. The molecule has 0 bridgehead atoms. The van der Waals surface area contributed by atoms with Crippen LogP contribution < -0.4 is 10.6 Å². The number of carbonyl (C=O) groups is 3. The first kappa shape index (κ1) is 21.5. The third-order valence-corrected chi connectivity index (χ3v) is 6.40. The van der Waals surface area contributed by atoms with Crippen LogP contribution in [0.4, 0.5) is 5.00 Å². The van der Waals surface area contributed by atoms with Gasteiger partial charge >= 0.3 is 5.97 Å². The molecule has 2 aliphatic rings. The molecule has 158 valence electrons. The average Bonchev–Trinajstić information content (AvgIpc) is 3.10. The van der Waals surface area contributed by atoms with E-state index < -0.39 is 5.91 Å². The third-order valence-electron chi connectivity index (χ3n) is 5.19. The van der Waals surface area contributed by atoms with E-state index in [2.05, 4.69) is 10.6 Å². The summed E-state index contributed by atoms with van der Waals surface area (Å²) in [5.74, 6) is -1.14. The predicted molar refractivity (Wildman–Crippen MR) is 111 cm³/mol. The second-order valence-corrected chi connectivity index (χ2v) is 8.41. The standard InChI is InChI=1S/C21H28N2O5S/c1-27-12-11-22-19(25)18-15-9-5-6-10-16(15)29-20(18)23-17(24)13-28-21(26)14-7-3-2-4-8-14/h2-3,14H,4-13H2,1H3,(H,22,25)(H,23,24)/t14-/m1/s1. The Kier molecular flexibility index (Phi) is 7.83. The van der Waals surface area contributed by atoms with E-state index in [-0.39, 0.29) is 24.4 Å². The Morgan fingerprint density at radius 1 is 1.21 bits per heavy atom. The first-order valence-electron chi connectivity index (χ1n) is 10.1. The molecule has 0 aromatic carbocycles. The average molecular weight is 421 g/mol. The topological polar surface area (TPSA) is 93.7 Å². The summed E-state index contributed by atoms with van der Waals surface area (Å²) in [6.07, 6.45) is 10.1. The van der Waals surface area contributed by atoms with Gasteiger partial charge in [-0.05, 0) is 50.5 Å². The molecule has 1 aromatic rings. The zero-order chi connectivity index (χ0) is 20.6. The lowest BCUT2D eigenvalue weighted by molar-refractivity contribution is -0.151. The molecule has 0 unspecified atom stereocenters. The van der Waals surface area contributed by atoms with Crippen molar-refractivity contribution >= 4 is 34.1 Å². The lowest BCUT2D eigenvalue weighted by atomic mass is 9.95. The van der Waals surface area contributed by atoms with Crippen LogP contribution in [-0.4, -0.2) is 44.7 Å². The Bertz CT molecular complexity index is 786. The quantitative estimate of drug-likeness (QED) is 0.383. The number of allylic oxidation sites excluding steroid dienone is 2. The van der Waals surface area contributed by atoms with Gasteiger partial charge in [0.05, 0.1) is 18.1 Å². The van der Waals surface area contributed by atoms with E-state index in [9.17, 15) is 14.4 Å². The number of carbonyl (C=O) groups excluding carboxylic acids is 3. The van der Waals surface area contributed by atoms with Crippen LogP contribution in [0.25, 0.3) is 0 Å². The molecule has 0 saturated heterocycles. The van der Waals surface area contributed by atoms with Crippen LogP contribution in [0.15, 0.2) is 12.2 Å². The summed E-state index contributed by atoms with van der Waals surface area (Å²) in [6, 6.07) is 0. The van der Waals surface area contributed by atoms with Crippen LogP contribution in [-0.2, 0) is 31.9 Å². The smallest absolute Gasteiger partial charge is 0.309 e. The molecule has 2 N–H and O–H groups in total. The van der Waals surface area contributed by atoms with Crippen LogP contribution in [0.1, 0.15) is 52.9 Å². The first-order valence-corrected chi connectivity index (χ1v) is 10.9. The van der Waals surface area contributed by atoms with E-state index >= 15 is 0 Å². The summed E-state index contributed by atoms with van der Waals surface area (Å²) < 4.78 is 10.2. The number of esters is 1. The fraction of sp³-hybridized carbons (Fsp3) is 0.571. The molecule has 1 aromatic heterocycles. The van der Waals surface area contributed by atoms with Crippen molar-refractivity contribution in [3.05, 3.63) is 28.2 Å². The molecule has 0 spiro atoms. The summed E-state index contributed by atoms with van der Waals surface area (Å²) in [6.45, 7) is 0.485. The molecule has 0 fully saturated rings. The number of thiophene rings is 1. The second kappa shape index (κ2) is 10.5. The molecular formula is C21H28N2O5S. The maximum Gasteiger partial charge on any atom is 0.309 e. The highest BCUT2D eigenvalue weighted by atomic mass is 32.1. The number of hydrogen-bond donors (Lipinski definition) is 2. The Morgan fingerprint density at radius 2 is 2.03 bits per heavy atom. The molecule has 7 nitrogen and oxygen atoms in total. The molecule has 8 heteroatoms. The number of rotatable bonds is 8. The Morgan fingerprint density at radius 3 is 2.79 bits per heavy atom. The molecular weight excluding hydrogens is 392 g/mol. The van der Waals surface area contributed by atoms with Crippen molar-refractivity contribution in [1.29, 1.82) is 0 Å². The minimum absolute atomic E-state index is 0.177. The largest absolute Gasteiger partial charge is 0.455 e. The zero-order valence-corrected chi connectivity index (χ0v) is 17.6. The molecule has 2 amide bonds. The highest BCUT2D eigenvalue weighted by Gasteiger charge is 2.27. The van der Waals surface area contributed by atoms with Gasteiger partial charge in [0.15, 0.2) is 6.61 Å². The van der Waals surface area contributed by atoms with Crippen molar-refractivity contribution in [2.24, 2.45) is 5.92 Å². The predicted octanol–water partition coefficient (Wildman–Crippen LogP) is 2.84. The first-order chi connectivity index (χ1) is 14.1. The van der Waals surface area contributed by atoms with E-state index in [4.69, 9.17) is 9.47 Å². The van der Waals surface area contributed by atoms with Gasteiger partial charge in [0.25, 0.3) is 11.8 Å². The van der Waals surface area contributed by atoms with Gasteiger partial charge in [0.1, 0.15) is 5.00 Å². The molecule has 1 atom stereocenters. The van der Waals surface area contributed by atoms with Crippen molar-refractivity contribution in [2.75, 3.05) is 32.2 Å². The lowest BCUT2D eigenvalue weighted by Gasteiger charge is -2.16. The molecule has 1 heterocycles. The van der Waals surface area contributed by atoms with Crippen molar-refractivity contribution in [3.8, 4) is 0 Å². The summed E-state index contributed by atoms with van der Waals surface area (Å²) in [4.78, 5) is 38.4. The number of ether oxygens (including phenoxy) is 2. The fourth-order valence-corrected chi connectivity index (χ4v) is 4.98. The Hall–Kier alpha value is -2.19. The van der Waals surface area contributed by atoms with Gasteiger partial charge in [-0.25, -0.2) is 0 Å². The van der Waals surface area contributed by atoms with Crippen molar-refractivity contribution < 1.29 is 23.9 Å². The highest BCUT2D eigenvalue weighted by molar-refractivity contribution is 7.17. The fourth-order valence-electron chi connectivity index (χ4n) is 3.67. The van der Waals surface area contributed by atoms with Crippen molar-refractivity contribution in [3.63, 3.8) is 0 Å². The summed E-state index contributed by atoms with van der Waals surface area (Å²) >= 11 is 1.45. The normalized spacial score (nSPS) is 18.0. The monoisotopic (exact) mass is 420 g/mol. The van der Waals surface area contributed by atoms with E-state index in [0.29, 0.717) is 30.1 Å². The van der Waals surface area contributed by atoms with E-state index in [1.165, 1.54) is 11.3 Å². The van der Waals surface area contributed by atoms with Crippen LogP contribution in [0.2, 0.25) is 0 Å². The maximum atomic E-state index is 12.7. The minimum Gasteiger partial charge on any atom is -0.455 e.